The van der Waals surface area contributed by atoms with E-state index in [0.29, 0.717) is 17.9 Å². The van der Waals surface area contributed by atoms with Gasteiger partial charge in [0.25, 0.3) is 5.91 Å². The van der Waals surface area contributed by atoms with Gasteiger partial charge in [-0.1, -0.05) is 30.3 Å². The van der Waals surface area contributed by atoms with Crippen molar-refractivity contribution in [2.45, 2.75) is 6.54 Å². The van der Waals surface area contributed by atoms with Crippen LogP contribution in [0.25, 0.3) is 0 Å². The first-order valence-electron chi connectivity index (χ1n) is 6.36. The molecule has 1 heterocycles. The molecule has 0 unspecified atom stereocenters. The number of benzene rings is 1. The summed E-state index contributed by atoms with van der Waals surface area (Å²) >= 11 is 0. The SMILES string of the molecule is Nc1ccc(C(=O)N(CCO)Cc2ccccc2)nc1. The smallest absolute Gasteiger partial charge is 0.272 e. The molecule has 0 radical (unpaired) electrons. The summed E-state index contributed by atoms with van der Waals surface area (Å²) in [6, 6.07) is 12.9. The van der Waals surface area contributed by atoms with Crippen molar-refractivity contribution < 1.29 is 9.90 Å². The van der Waals surface area contributed by atoms with Gasteiger partial charge in [-0.15, -0.1) is 0 Å². The summed E-state index contributed by atoms with van der Waals surface area (Å²) in [4.78, 5) is 18.0. The third-order valence-electron chi connectivity index (χ3n) is 2.88. The number of carbonyl (C=O) groups excluding carboxylic acids is 1. The lowest BCUT2D eigenvalue weighted by molar-refractivity contribution is 0.0702. The molecular formula is C15H17N3O2. The molecule has 0 aliphatic heterocycles. The third kappa shape index (κ3) is 3.55. The van der Waals surface area contributed by atoms with Crippen LogP contribution in [0.3, 0.4) is 0 Å². The maximum atomic E-state index is 12.4. The molecular weight excluding hydrogens is 254 g/mol. The van der Waals surface area contributed by atoms with Crippen LogP contribution >= 0.6 is 0 Å². The predicted octanol–water partition coefficient (Wildman–Crippen LogP) is 1.30. The maximum absolute atomic E-state index is 12.4. The molecule has 0 aliphatic carbocycles. The molecule has 20 heavy (non-hydrogen) atoms. The number of aliphatic hydroxyl groups excluding tert-OH is 1. The lowest BCUT2D eigenvalue weighted by Gasteiger charge is -2.21. The number of anilines is 1. The minimum Gasteiger partial charge on any atom is -0.397 e. The van der Waals surface area contributed by atoms with Gasteiger partial charge in [0, 0.05) is 13.1 Å². The van der Waals surface area contributed by atoms with Gasteiger partial charge in [-0.2, -0.15) is 0 Å². The van der Waals surface area contributed by atoms with E-state index in [1.165, 1.54) is 6.20 Å². The van der Waals surface area contributed by atoms with Crippen LogP contribution in [0.2, 0.25) is 0 Å². The normalized spacial score (nSPS) is 10.2. The molecule has 0 saturated carbocycles. The summed E-state index contributed by atoms with van der Waals surface area (Å²) in [7, 11) is 0. The second-order valence-electron chi connectivity index (χ2n) is 4.41. The first-order chi connectivity index (χ1) is 9.70. The molecule has 1 aromatic heterocycles. The first kappa shape index (κ1) is 14.0. The van der Waals surface area contributed by atoms with Gasteiger partial charge in [-0.25, -0.2) is 4.98 Å². The Balaban J connectivity index is 2.15. The molecule has 5 nitrogen and oxygen atoms in total. The zero-order valence-corrected chi connectivity index (χ0v) is 11.1. The third-order valence-corrected chi connectivity index (χ3v) is 2.88. The van der Waals surface area contributed by atoms with E-state index >= 15 is 0 Å². The highest BCUT2D eigenvalue weighted by Crippen LogP contribution is 2.09. The molecule has 0 atom stereocenters. The number of pyridine rings is 1. The van der Waals surface area contributed by atoms with E-state index in [-0.39, 0.29) is 19.1 Å². The monoisotopic (exact) mass is 271 g/mol. The van der Waals surface area contributed by atoms with Crippen molar-refractivity contribution in [2.75, 3.05) is 18.9 Å². The van der Waals surface area contributed by atoms with Crippen molar-refractivity contribution in [3.05, 3.63) is 59.9 Å². The Bertz CT molecular complexity index is 555. The summed E-state index contributed by atoms with van der Waals surface area (Å²) in [5.74, 6) is -0.220. The van der Waals surface area contributed by atoms with E-state index in [1.807, 2.05) is 30.3 Å². The minimum atomic E-state index is -0.220. The van der Waals surface area contributed by atoms with Gasteiger partial charge in [-0.05, 0) is 17.7 Å². The van der Waals surface area contributed by atoms with E-state index in [0.717, 1.165) is 5.56 Å². The van der Waals surface area contributed by atoms with Crippen LogP contribution in [0.1, 0.15) is 16.1 Å². The van der Waals surface area contributed by atoms with Crippen molar-refractivity contribution in [3.8, 4) is 0 Å². The van der Waals surface area contributed by atoms with E-state index in [4.69, 9.17) is 10.8 Å². The number of hydrogen-bond acceptors (Lipinski definition) is 4. The van der Waals surface area contributed by atoms with Crippen LogP contribution in [0.4, 0.5) is 5.69 Å². The maximum Gasteiger partial charge on any atom is 0.272 e. The van der Waals surface area contributed by atoms with Crippen molar-refractivity contribution in [1.82, 2.24) is 9.88 Å². The van der Waals surface area contributed by atoms with E-state index < -0.39 is 0 Å². The van der Waals surface area contributed by atoms with Gasteiger partial charge in [0.15, 0.2) is 0 Å². The zero-order chi connectivity index (χ0) is 14.4. The topological polar surface area (TPSA) is 79.5 Å². The molecule has 2 rings (SSSR count). The Hall–Kier alpha value is -2.40. The summed E-state index contributed by atoms with van der Waals surface area (Å²) in [5, 5.41) is 9.12. The molecule has 104 valence electrons. The van der Waals surface area contributed by atoms with Crippen LogP contribution in [0, 0.1) is 0 Å². The molecule has 0 aliphatic rings. The lowest BCUT2D eigenvalue weighted by atomic mass is 10.2. The fourth-order valence-corrected chi connectivity index (χ4v) is 1.87. The van der Waals surface area contributed by atoms with Gasteiger partial charge >= 0.3 is 0 Å². The number of carbonyl (C=O) groups is 1. The number of nitrogen functional groups attached to an aromatic ring is 1. The van der Waals surface area contributed by atoms with Crippen molar-refractivity contribution in [1.29, 1.82) is 0 Å². The fraction of sp³-hybridized carbons (Fsp3) is 0.200. The van der Waals surface area contributed by atoms with Gasteiger partial charge in [0.2, 0.25) is 0 Å². The number of rotatable bonds is 5. The Morgan fingerprint density at radius 2 is 1.95 bits per heavy atom. The molecule has 0 fully saturated rings. The average molecular weight is 271 g/mol. The largest absolute Gasteiger partial charge is 0.397 e. The van der Waals surface area contributed by atoms with Crippen LogP contribution < -0.4 is 5.73 Å². The highest BCUT2D eigenvalue weighted by atomic mass is 16.3. The Morgan fingerprint density at radius 3 is 2.55 bits per heavy atom. The van der Waals surface area contributed by atoms with Crippen LogP contribution in [0.15, 0.2) is 48.7 Å². The van der Waals surface area contributed by atoms with Crippen LogP contribution in [0.5, 0.6) is 0 Å². The fourth-order valence-electron chi connectivity index (χ4n) is 1.87. The summed E-state index contributed by atoms with van der Waals surface area (Å²) in [6.45, 7) is 0.611. The average Bonchev–Trinajstić information content (AvgIpc) is 2.48. The Kier molecular flexibility index (Phi) is 4.68. The predicted molar refractivity (Wildman–Crippen MR) is 76.9 cm³/mol. The summed E-state index contributed by atoms with van der Waals surface area (Å²) < 4.78 is 0. The van der Waals surface area contributed by atoms with Crippen molar-refractivity contribution in [3.63, 3.8) is 0 Å². The standard InChI is InChI=1S/C15H17N3O2/c16-13-6-7-14(17-10-13)15(20)18(8-9-19)11-12-4-2-1-3-5-12/h1-7,10,19H,8-9,11,16H2. The number of aliphatic hydroxyl groups is 1. The number of aromatic nitrogens is 1. The number of nitrogens with two attached hydrogens (primary N) is 1. The van der Waals surface area contributed by atoms with Crippen molar-refractivity contribution in [2.24, 2.45) is 0 Å². The van der Waals surface area contributed by atoms with Crippen LogP contribution in [-0.4, -0.2) is 34.0 Å². The second kappa shape index (κ2) is 6.68. The second-order valence-corrected chi connectivity index (χ2v) is 4.41. The molecule has 0 saturated heterocycles. The van der Waals surface area contributed by atoms with Gasteiger partial charge in [-0.3, -0.25) is 4.79 Å². The molecule has 5 heteroatoms. The first-order valence-corrected chi connectivity index (χ1v) is 6.36. The highest BCUT2D eigenvalue weighted by molar-refractivity contribution is 5.92. The van der Waals surface area contributed by atoms with Gasteiger partial charge < -0.3 is 15.7 Å². The van der Waals surface area contributed by atoms with E-state index in [2.05, 4.69) is 4.98 Å². The number of hydrogen-bond donors (Lipinski definition) is 2. The number of nitrogens with zero attached hydrogens (tertiary/aromatic N) is 2. The van der Waals surface area contributed by atoms with Crippen LogP contribution in [-0.2, 0) is 6.54 Å². The van der Waals surface area contributed by atoms with E-state index in [1.54, 1.807) is 17.0 Å². The lowest BCUT2D eigenvalue weighted by Crippen LogP contribution is -2.33. The van der Waals surface area contributed by atoms with Gasteiger partial charge in [0.1, 0.15) is 5.69 Å². The zero-order valence-electron chi connectivity index (χ0n) is 11.1. The molecule has 2 aromatic rings. The Labute approximate surface area is 117 Å². The van der Waals surface area contributed by atoms with Gasteiger partial charge in [0.05, 0.1) is 18.5 Å². The molecule has 0 bridgehead atoms. The molecule has 1 amide bonds. The Morgan fingerprint density at radius 1 is 1.20 bits per heavy atom. The van der Waals surface area contributed by atoms with E-state index in [9.17, 15) is 4.79 Å². The molecule has 3 N–H and O–H groups in total. The molecule has 1 aromatic carbocycles. The molecule has 0 spiro atoms. The quantitative estimate of drug-likeness (QED) is 0.859. The highest BCUT2D eigenvalue weighted by Gasteiger charge is 2.16. The summed E-state index contributed by atoms with van der Waals surface area (Å²) in [6.07, 6.45) is 1.45. The number of amides is 1. The van der Waals surface area contributed by atoms with Crippen molar-refractivity contribution >= 4 is 11.6 Å². The minimum absolute atomic E-state index is 0.0897. The summed E-state index contributed by atoms with van der Waals surface area (Å²) in [5.41, 5.74) is 7.40.